The highest BCUT2D eigenvalue weighted by Gasteiger charge is 1.98. The highest BCUT2D eigenvalue weighted by molar-refractivity contribution is 5.30. The van der Waals surface area contributed by atoms with Crippen molar-refractivity contribution in [1.82, 2.24) is 14.8 Å². The number of aromatic nitrogens is 3. The lowest BCUT2D eigenvalue weighted by molar-refractivity contribution is 0.845. The molecule has 13 heavy (non-hydrogen) atoms. The fourth-order valence-corrected chi connectivity index (χ4v) is 1.12. The van der Waals surface area contributed by atoms with Gasteiger partial charge in [-0.1, -0.05) is 6.07 Å². The van der Waals surface area contributed by atoms with E-state index in [1.165, 1.54) is 0 Å². The number of nitrogens with two attached hydrogens (primary N) is 1. The zero-order valence-electron chi connectivity index (χ0n) is 7.31. The molecule has 0 saturated heterocycles. The lowest BCUT2D eigenvalue weighted by atomic mass is 10.4. The predicted octanol–water partition coefficient (Wildman–Crippen LogP) is 1.16. The van der Waals surface area contributed by atoms with Crippen molar-refractivity contribution < 1.29 is 0 Å². The Labute approximate surface area is 76.0 Å². The minimum atomic E-state index is 0.503. The molecule has 0 unspecified atom stereocenters. The van der Waals surface area contributed by atoms with Crippen molar-refractivity contribution in [1.29, 1.82) is 0 Å². The van der Waals surface area contributed by atoms with Gasteiger partial charge in [0.1, 0.15) is 5.82 Å². The number of anilines is 1. The first-order chi connectivity index (χ1) is 6.25. The maximum absolute atomic E-state index is 5.49. The molecule has 0 aromatic carbocycles. The van der Waals surface area contributed by atoms with E-state index >= 15 is 0 Å². The van der Waals surface area contributed by atoms with Gasteiger partial charge in [-0.25, -0.2) is 9.67 Å². The summed E-state index contributed by atoms with van der Waals surface area (Å²) in [5.41, 5.74) is 6.46. The van der Waals surface area contributed by atoms with Crippen LogP contribution in [0.3, 0.4) is 0 Å². The SMILES string of the molecule is Cc1cccc(-n2ccc(N)n2)n1. The summed E-state index contributed by atoms with van der Waals surface area (Å²) in [5, 5.41) is 4.05. The highest BCUT2D eigenvalue weighted by atomic mass is 15.3. The lowest BCUT2D eigenvalue weighted by Crippen LogP contribution is -1.99. The quantitative estimate of drug-likeness (QED) is 0.705. The highest BCUT2D eigenvalue weighted by Crippen LogP contribution is 2.05. The van der Waals surface area contributed by atoms with E-state index < -0.39 is 0 Å². The minimum Gasteiger partial charge on any atom is -0.382 e. The van der Waals surface area contributed by atoms with Gasteiger partial charge >= 0.3 is 0 Å². The molecule has 0 amide bonds. The average molecular weight is 174 g/mol. The molecule has 0 fully saturated rings. The maximum atomic E-state index is 5.49. The van der Waals surface area contributed by atoms with E-state index in [0.717, 1.165) is 11.5 Å². The van der Waals surface area contributed by atoms with Gasteiger partial charge in [0, 0.05) is 18.0 Å². The number of hydrogen-bond donors (Lipinski definition) is 1. The standard InChI is InChI=1S/C9H10N4/c1-7-3-2-4-9(11-7)13-6-5-8(10)12-13/h2-6H,1H3,(H2,10,12). The molecule has 2 heterocycles. The lowest BCUT2D eigenvalue weighted by Gasteiger charge is -1.99. The molecule has 0 radical (unpaired) electrons. The zero-order chi connectivity index (χ0) is 9.26. The molecule has 0 saturated carbocycles. The smallest absolute Gasteiger partial charge is 0.153 e. The molecule has 2 N–H and O–H groups in total. The van der Waals surface area contributed by atoms with E-state index in [4.69, 9.17) is 5.73 Å². The molecule has 0 aliphatic rings. The Bertz CT molecular complexity index is 419. The van der Waals surface area contributed by atoms with Gasteiger partial charge in [-0.2, -0.15) is 0 Å². The van der Waals surface area contributed by atoms with Crippen LogP contribution in [0.4, 0.5) is 5.82 Å². The third-order valence-corrected chi connectivity index (χ3v) is 1.72. The molecule has 4 heteroatoms. The van der Waals surface area contributed by atoms with Gasteiger partial charge < -0.3 is 5.73 Å². The Hall–Kier alpha value is -1.84. The van der Waals surface area contributed by atoms with Crippen LogP contribution in [0.2, 0.25) is 0 Å². The summed E-state index contributed by atoms with van der Waals surface area (Å²) in [5.74, 6) is 1.29. The normalized spacial score (nSPS) is 10.2. The third-order valence-electron chi connectivity index (χ3n) is 1.72. The molecule has 2 aromatic rings. The van der Waals surface area contributed by atoms with E-state index in [9.17, 15) is 0 Å². The number of hydrogen-bond acceptors (Lipinski definition) is 3. The Balaban J connectivity index is 2.46. The van der Waals surface area contributed by atoms with Crippen LogP contribution in [-0.4, -0.2) is 14.8 Å². The zero-order valence-corrected chi connectivity index (χ0v) is 7.31. The van der Waals surface area contributed by atoms with Crippen LogP contribution in [-0.2, 0) is 0 Å². The van der Waals surface area contributed by atoms with Gasteiger partial charge in [0.25, 0.3) is 0 Å². The first-order valence-corrected chi connectivity index (χ1v) is 4.01. The monoisotopic (exact) mass is 174 g/mol. The minimum absolute atomic E-state index is 0.503. The second kappa shape index (κ2) is 2.90. The van der Waals surface area contributed by atoms with Crippen LogP contribution in [0.5, 0.6) is 0 Å². The molecule has 66 valence electrons. The molecule has 2 aromatic heterocycles. The first-order valence-electron chi connectivity index (χ1n) is 4.01. The molecular formula is C9H10N4. The van der Waals surface area contributed by atoms with Crippen LogP contribution in [0.1, 0.15) is 5.69 Å². The van der Waals surface area contributed by atoms with E-state index in [0.29, 0.717) is 5.82 Å². The summed E-state index contributed by atoms with van der Waals surface area (Å²) >= 11 is 0. The average Bonchev–Trinajstić information content (AvgIpc) is 2.52. The van der Waals surface area contributed by atoms with Crippen LogP contribution >= 0.6 is 0 Å². The first kappa shape index (κ1) is 7.79. The summed E-state index contributed by atoms with van der Waals surface area (Å²) in [6, 6.07) is 7.51. The van der Waals surface area contributed by atoms with Crippen molar-refractivity contribution in [2.45, 2.75) is 6.92 Å². The Kier molecular flexibility index (Phi) is 1.73. The number of pyridine rings is 1. The number of nitrogen functional groups attached to an aromatic ring is 1. The summed E-state index contributed by atoms with van der Waals surface area (Å²) < 4.78 is 1.66. The van der Waals surface area contributed by atoms with Gasteiger partial charge in [-0.15, -0.1) is 5.10 Å². The molecule has 0 aliphatic heterocycles. The van der Waals surface area contributed by atoms with Gasteiger partial charge in [-0.05, 0) is 19.1 Å². The van der Waals surface area contributed by atoms with Gasteiger partial charge in [0.2, 0.25) is 0 Å². The topological polar surface area (TPSA) is 56.7 Å². The predicted molar refractivity (Wildman–Crippen MR) is 50.5 cm³/mol. The van der Waals surface area contributed by atoms with Crippen molar-refractivity contribution >= 4 is 5.82 Å². The van der Waals surface area contributed by atoms with Crippen molar-refractivity contribution in [3.8, 4) is 5.82 Å². The summed E-state index contributed by atoms with van der Waals surface area (Å²) in [6.07, 6.45) is 1.79. The molecule has 0 aliphatic carbocycles. The summed E-state index contributed by atoms with van der Waals surface area (Å²) in [7, 11) is 0. The third kappa shape index (κ3) is 1.51. The molecule has 2 rings (SSSR count). The Morgan fingerprint density at radius 3 is 2.77 bits per heavy atom. The molecule has 0 spiro atoms. The second-order valence-corrected chi connectivity index (χ2v) is 2.82. The van der Waals surface area contributed by atoms with E-state index in [2.05, 4.69) is 10.1 Å². The Morgan fingerprint density at radius 1 is 1.31 bits per heavy atom. The van der Waals surface area contributed by atoms with Crippen LogP contribution < -0.4 is 5.73 Å². The second-order valence-electron chi connectivity index (χ2n) is 2.82. The molecule has 4 nitrogen and oxygen atoms in total. The van der Waals surface area contributed by atoms with Crippen LogP contribution in [0.25, 0.3) is 5.82 Å². The van der Waals surface area contributed by atoms with Gasteiger partial charge in [0.15, 0.2) is 5.82 Å². The van der Waals surface area contributed by atoms with Crippen molar-refractivity contribution in [2.24, 2.45) is 0 Å². The van der Waals surface area contributed by atoms with E-state index in [1.807, 2.05) is 25.1 Å². The molecular weight excluding hydrogens is 164 g/mol. The Morgan fingerprint density at radius 2 is 2.15 bits per heavy atom. The fourth-order valence-electron chi connectivity index (χ4n) is 1.12. The number of rotatable bonds is 1. The molecule has 0 atom stereocenters. The van der Waals surface area contributed by atoms with Crippen LogP contribution in [0, 0.1) is 6.92 Å². The summed E-state index contributed by atoms with van der Waals surface area (Å²) in [6.45, 7) is 1.94. The van der Waals surface area contributed by atoms with E-state index in [-0.39, 0.29) is 0 Å². The number of nitrogens with zero attached hydrogens (tertiary/aromatic N) is 3. The number of aryl methyl sites for hydroxylation is 1. The maximum Gasteiger partial charge on any atom is 0.153 e. The van der Waals surface area contributed by atoms with Crippen molar-refractivity contribution in [3.63, 3.8) is 0 Å². The van der Waals surface area contributed by atoms with Crippen LogP contribution in [0.15, 0.2) is 30.5 Å². The van der Waals surface area contributed by atoms with Crippen molar-refractivity contribution in [2.75, 3.05) is 5.73 Å². The van der Waals surface area contributed by atoms with Crippen molar-refractivity contribution in [3.05, 3.63) is 36.2 Å². The van der Waals surface area contributed by atoms with E-state index in [1.54, 1.807) is 16.9 Å². The fraction of sp³-hybridized carbons (Fsp3) is 0.111. The molecule has 0 bridgehead atoms. The van der Waals surface area contributed by atoms with Gasteiger partial charge in [-0.3, -0.25) is 0 Å². The van der Waals surface area contributed by atoms with Gasteiger partial charge in [0.05, 0.1) is 0 Å². The largest absolute Gasteiger partial charge is 0.382 e. The summed E-state index contributed by atoms with van der Waals surface area (Å²) in [4.78, 5) is 4.30.